The van der Waals surface area contributed by atoms with Gasteiger partial charge in [0.2, 0.25) is 0 Å². The van der Waals surface area contributed by atoms with Crippen LogP contribution in [0.1, 0.15) is 22.3 Å². The molecule has 0 saturated heterocycles. The van der Waals surface area contributed by atoms with Gasteiger partial charge in [0.05, 0.1) is 16.8 Å². The highest BCUT2D eigenvalue weighted by atomic mass is 32.1. The second-order valence-electron chi connectivity index (χ2n) is 17.6. The van der Waals surface area contributed by atoms with E-state index in [2.05, 4.69) is 255 Å². The van der Waals surface area contributed by atoms with E-state index >= 15 is 0 Å². The molecule has 0 spiro atoms. The van der Waals surface area contributed by atoms with Crippen LogP contribution in [0.5, 0.6) is 0 Å². The minimum Gasteiger partial charge on any atom is -0.228 e. The molecule has 0 N–H and O–H groups in total. The van der Waals surface area contributed by atoms with Crippen LogP contribution in [0.4, 0.5) is 0 Å². The summed E-state index contributed by atoms with van der Waals surface area (Å²) in [6.07, 6.45) is 0. The van der Waals surface area contributed by atoms with Crippen molar-refractivity contribution < 1.29 is 0 Å². The van der Waals surface area contributed by atoms with Crippen LogP contribution < -0.4 is 0 Å². The van der Waals surface area contributed by atoms with Gasteiger partial charge in [-0.3, -0.25) is 0 Å². The molecule has 0 aliphatic heterocycles. The highest BCUT2D eigenvalue weighted by molar-refractivity contribution is 7.25. The minimum atomic E-state index is -0.609. The third kappa shape index (κ3) is 6.54. The van der Waals surface area contributed by atoms with E-state index in [0.717, 1.165) is 50.3 Å². The highest BCUT2D eigenvalue weighted by Crippen LogP contribution is 2.58. The topological polar surface area (TPSA) is 25.8 Å². The number of hydrogen-bond donors (Lipinski definition) is 0. The van der Waals surface area contributed by atoms with Crippen molar-refractivity contribution in [1.82, 2.24) is 9.97 Å². The van der Waals surface area contributed by atoms with Gasteiger partial charge in [0.15, 0.2) is 5.82 Å². The van der Waals surface area contributed by atoms with Crippen molar-refractivity contribution in [2.24, 2.45) is 0 Å². The van der Waals surface area contributed by atoms with Gasteiger partial charge in [-0.1, -0.05) is 212 Å². The third-order valence-electron chi connectivity index (χ3n) is 13.8. The summed E-state index contributed by atoms with van der Waals surface area (Å²) in [6.45, 7) is 0. The number of rotatable bonds is 8. The van der Waals surface area contributed by atoms with Crippen LogP contribution >= 0.6 is 11.3 Å². The molecule has 0 unspecified atom stereocenters. The maximum absolute atomic E-state index is 5.55. The number of fused-ring (bicyclic) bond motifs is 6. The zero-order valence-electron chi connectivity index (χ0n) is 37.1. The first kappa shape index (κ1) is 39.8. The Morgan fingerprint density at radius 3 is 1.56 bits per heavy atom. The Kier molecular flexibility index (Phi) is 9.62. The van der Waals surface area contributed by atoms with E-state index < -0.39 is 5.41 Å². The largest absolute Gasteiger partial charge is 0.228 e. The highest BCUT2D eigenvalue weighted by Gasteiger charge is 2.47. The molecule has 2 nitrogen and oxygen atoms in total. The monoisotopic (exact) mass is 882 g/mol. The molecule has 0 bridgehead atoms. The summed E-state index contributed by atoms with van der Waals surface area (Å²) >= 11 is 1.85. The van der Waals surface area contributed by atoms with E-state index in [-0.39, 0.29) is 0 Å². The lowest BCUT2D eigenvalue weighted by Crippen LogP contribution is -2.29. The SMILES string of the molecule is c1ccc(-c2nc(-c3cc(-c4ccc5sc6ccccc6c5c4)cc(-c4ccccc4-c4ccccc4)c3)cc(-c3cccc4c3C(c3ccccc3)(c3ccccc3)c3ccccc3-4)n2)cc1. The fourth-order valence-corrected chi connectivity index (χ4v) is 11.9. The quantitative estimate of drug-likeness (QED) is 0.152. The molecule has 318 valence electrons. The number of benzene rings is 10. The zero-order valence-corrected chi connectivity index (χ0v) is 37.9. The Bertz CT molecular complexity index is 3800. The molecule has 3 heteroatoms. The van der Waals surface area contributed by atoms with E-state index in [1.807, 2.05) is 11.3 Å². The Balaban J connectivity index is 1.09. The summed E-state index contributed by atoms with van der Waals surface area (Å²) in [5, 5.41) is 2.56. The molecule has 0 atom stereocenters. The van der Waals surface area contributed by atoms with Crippen molar-refractivity contribution in [3.63, 3.8) is 0 Å². The second-order valence-corrected chi connectivity index (χ2v) is 18.7. The molecule has 0 fully saturated rings. The summed E-state index contributed by atoms with van der Waals surface area (Å²) in [7, 11) is 0. The molecule has 2 heterocycles. The maximum Gasteiger partial charge on any atom is 0.160 e. The summed E-state index contributed by atoms with van der Waals surface area (Å²) in [6, 6.07) is 92.5. The lowest BCUT2D eigenvalue weighted by Gasteiger charge is -2.35. The Morgan fingerprint density at radius 1 is 0.294 bits per heavy atom. The van der Waals surface area contributed by atoms with Gasteiger partial charge in [-0.2, -0.15) is 0 Å². The van der Waals surface area contributed by atoms with Crippen molar-refractivity contribution in [1.29, 1.82) is 0 Å². The van der Waals surface area contributed by atoms with Gasteiger partial charge in [-0.25, -0.2) is 9.97 Å². The van der Waals surface area contributed by atoms with E-state index in [0.29, 0.717) is 5.82 Å². The third-order valence-corrected chi connectivity index (χ3v) is 14.9. The molecule has 0 amide bonds. The van der Waals surface area contributed by atoms with Crippen LogP contribution in [-0.2, 0) is 5.41 Å². The van der Waals surface area contributed by atoms with Crippen LogP contribution in [0.15, 0.2) is 255 Å². The minimum absolute atomic E-state index is 0.609. The van der Waals surface area contributed by atoms with Gasteiger partial charge in [0.25, 0.3) is 0 Å². The fraction of sp³-hybridized carbons (Fsp3) is 0.0154. The summed E-state index contributed by atoms with van der Waals surface area (Å²) in [4.78, 5) is 11.1. The summed E-state index contributed by atoms with van der Waals surface area (Å²) in [5.74, 6) is 0.680. The van der Waals surface area contributed by atoms with Crippen LogP contribution in [0, 0.1) is 0 Å². The molecule has 13 rings (SSSR count). The first-order chi connectivity index (χ1) is 33.7. The van der Waals surface area contributed by atoms with Gasteiger partial charge in [0, 0.05) is 36.9 Å². The Hall–Kier alpha value is -8.50. The van der Waals surface area contributed by atoms with Gasteiger partial charge in [-0.15, -0.1) is 11.3 Å². The number of aromatic nitrogens is 2. The molecular formula is C65H42N2S. The van der Waals surface area contributed by atoms with Crippen molar-refractivity contribution in [3.05, 3.63) is 277 Å². The maximum atomic E-state index is 5.55. The van der Waals surface area contributed by atoms with E-state index in [4.69, 9.17) is 9.97 Å². The molecule has 0 saturated carbocycles. The molecule has 0 radical (unpaired) electrons. The van der Waals surface area contributed by atoms with Crippen molar-refractivity contribution in [3.8, 4) is 78.4 Å². The molecule has 1 aliphatic rings. The Labute approximate surface area is 400 Å². The first-order valence-electron chi connectivity index (χ1n) is 23.2. The van der Waals surface area contributed by atoms with Gasteiger partial charge in [0.1, 0.15) is 0 Å². The summed E-state index contributed by atoms with van der Waals surface area (Å²) < 4.78 is 2.58. The molecule has 12 aromatic rings. The molecule has 68 heavy (non-hydrogen) atoms. The van der Waals surface area contributed by atoms with Crippen LogP contribution in [-0.4, -0.2) is 9.97 Å². The Morgan fingerprint density at radius 2 is 0.824 bits per heavy atom. The van der Waals surface area contributed by atoms with Gasteiger partial charge >= 0.3 is 0 Å². The predicted octanol–water partition coefficient (Wildman–Crippen LogP) is 17.2. The lowest BCUT2D eigenvalue weighted by atomic mass is 9.66. The molecular weight excluding hydrogens is 841 g/mol. The molecule has 1 aliphatic carbocycles. The van der Waals surface area contributed by atoms with E-state index in [1.165, 1.54) is 64.7 Å². The van der Waals surface area contributed by atoms with E-state index in [9.17, 15) is 0 Å². The zero-order chi connectivity index (χ0) is 45.0. The summed E-state index contributed by atoms with van der Waals surface area (Å²) in [5.41, 5.74) is 18.5. The van der Waals surface area contributed by atoms with Crippen LogP contribution in [0.3, 0.4) is 0 Å². The number of thiophene rings is 1. The van der Waals surface area contributed by atoms with Crippen molar-refractivity contribution >= 4 is 31.5 Å². The first-order valence-corrected chi connectivity index (χ1v) is 24.0. The molecule has 2 aromatic heterocycles. The smallest absolute Gasteiger partial charge is 0.160 e. The molecule has 10 aromatic carbocycles. The van der Waals surface area contributed by atoms with Gasteiger partial charge < -0.3 is 0 Å². The van der Waals surface area contributed by atoms with Gasteiger partial charge in [-0.05, 0) is 109 Å². The number of hydrogen-bond acceptors (Lipinski definition) is 3. The number of nitrogens with zero attached hydrogens (tertiary/aromatic N) is 2. The van der Waals surface area contributed by atoms with Crippen molar-refractivity contribution in [2.45, 2.75) is 5.41 Å². The predicted molar refractivity (Wildman–Crippen MR) is 285 cm³/mol. The normalized spacial score (nSPS) is 12.5. The average Bonchev–Trinajstić information content (AvgIpc) is 3.95. The van der Waals surface area contributed by atoms with Crippen LogP contribution in [0.25, 0.3) is 98.6 Å². The lowest BCUT2D eigenvalue weighted by molar-refractivity contribution is 0.769. The van der Waals surface area contributed by atoms with E-state index in [1.54, 1.807) is 0 Å². The average molecular weight is 883 g/mol. The fourth-order valence-electron chi connectivity index (χ4n) is 10.8. The second kappa shape index (κ2) is 16.4. The standard InChI is InChI=1S/C65H42N2S/c1-5-20-43(21-6-1)51-28-13-14-29-52(51)47-38-46(45-36-37-62-57(41-45)54-31-16-18-35-61(54)68-62)39-48(40-47)59-42-60(67-64(66-59)44-22-7-2-8-23-44)56-33-19-32-55-53-30-15-17-34-58(53)65(63(55)56,49-24-9-3-10-25-49)50-26-11-4-12-27-50/h1-42H. The van der Waals surface area contributed by atoms with Crippen LogP contribution in [0.2, 0.25) is 0 Å². The van der Waals surface area contributed by atoms with Crippen molar-refractivity contribution in [2.75, 3.05) is 0 Å².